The van der Waals surface area contributed by atoms with E-state index >= 15 is 0 Å². The van der Waals surface area contributed by atoms with Gasteiger partial charge in [0.25, 0.3) is 0 Å². The molecule has 0 spiro atoms. The van der Waals surface area contributed by atoms with Crippen LogP contribution in [0.1, 0.15) is 18.4 Å². The smallest absolute Gasteiger partial charge is 0.336 e. The lowest BCUT2D eigenvalue weighted by atomic mass is 9.81. The normalized spacial score (nSPS) is 17.4. The average molecular weight is 351 g/mol. The number of dihydropyridines is 1. The number of carbonyl (C=O) groups is 1. The van der Waals surface area contributed by atoms with Crippen LogP contribution in [0.5, 0.6) is 0 Å². The molecule has 1 N–H and O–H groups in total. The minimum atomic E-state index is -0.762. The molecular weight excluding hydrogens is 335 g/mol. The fraction of sp³-hybridized carbons (Fsp3) is 0.294. The summed E-state index contributed by atoms with van der Waals surface area (Å²) in [4.78, 5) is 12.3. The van der Waals surface area contributed by atoms with Gasteiger partial charge in [-0.1, -0.05) is 17.7 Å². The number of nitrogens with zero attached hydrogens (tertiary/aromatic N) is 1. The summed E-state index contributed by atoms with van der Waals surface area (Å²) in [7, 11) is 2.75. The molecule has 2 rings (SSSR count). The third kappa shape index (κ3) is 3.28. The molecule has 0 saturated heterocycles. The first kappa shape index (κ1) is 18.0. The highest BCUT2D eigenvalue weighted by atomic mass is 35.5. The van der Waals surface area contributed by atoms with E-state index in [0.717, 1.165) is 6.07 Å². The molecule has 24 heavy (non-hydrogen) atoms. The van der Waals surface area contributed by atoms with Gasteiger partial charge in [0, 0.05) is 17.8 Å². The zero-order chi connectivity index (χ0) is 17.9. The van der Waals surface area contributed by atoms with E-state index in [0.29, 0.717) is 17.0 Å². The SMILES string of the molecule is COCC1=C(C#N)C(c2ccc(F)cc2Cl)C(C(=O)OC)=C(C)N1. The molecule has 0 saturated carbocycles. The molecule has 0 fully saturated rings. The second-order valence-electron chi connectivity index (χ2n) is 5.19. The molecule has 1 aromatic rings. The Kier molecular flexibility index (Phi) is 5.60. The van der Waals surface area contributed by atoms with Crippen molar-refractivity contribution in [3.8, 4) is 6.07 Å². The van der Waals surface area contributed by atoms with E-state index in [-0.39, 0.29) is 22.8 Å². The van der Waals surface area contributed by atoms with Crippen molar-refractivity contribution in [1.82, 2.24) is 5.32 Å². The van der Waals surface area contributed by atoms with Crippen molar-refractivity contribution in [2.24, 2.45) is 0 Å². The molecule has 0 radical (unpaired) electrons. The lowest BCUT2D eigenvalue weighted by Gasteiger charge is -2.29. The van der Waals surface area contributed by atoms with Gasteiger partial charge in [-0.3, -0.25) is 0 Å². The number of methoxy groups -OCH3 is 2. The Morgan fingerprint density at radius 3 is 2.71 bits per heavy atom. The quantitative estimate of drug-likeness (QED) is 0.845. The molecule has 1 aliphatic rings. The van der Waals surface area contributed by atoms with Crippen LogP contribution < -0.4 is 5.32 Å². The predicted molar refractivity (Wildman–Crippen MR) is 86.5 cm³/mol. The van der Waals surface area contributed by atoms with Gasteiger partial charge in [-0.2, -0.15) is 5.26 Å². The first-order chi connectivity index (χ1) is 11.4. The van der Waals surface area contributed by atoms with Crippen molar-refractivity contribution in [2.45, 2.75) is 12.8 Å². The Morgan fingerprint density at radius 1 is 1.46 bits per heavy atom. The second-order valence-corrected chi connectivity index (χ2v) is 5.60. The Hall–Kier alpha value is -2.36. The van der Waals surface area contributed by atoms with Crippen LogP contribution in [0.15, 0.2) is 40.7 Å². The number of hydrogen-bond acceptors (Lipinski definition) is 5. The maximum atomic E-state index is 13.4. The summed E-state index contributed by atoms with van der Waals surface area (Å²) in [6.07, 6.45) is 0. The van der Waals surface area contributed by atoms with Crippen molar-refractivity contribution < 1.29 is 18.7 Å². The van der Waals surface area contributed by atoms with Gasteiger partial charge in [0.05, 0.1) is 42.5 Å². The summed E-state index contributed by atoms with van der Waals surface area (Å²) in [6.45, 7) is 1.85. The summed E-state index contributed by atoms with van der Waals surface area (Å²) >= 11 is 6.17. The van der Waals surface area contributed by atoms with Gasteiger partial charge in [0.2, 0.25) is 0 Å². The number of allylic oxidation sites excluding steroid dienone is 2. The summed E-state index contributed by atoms with van der Waals surface area (Å²) < 4.78 is 23.4. The Labute approximate surface area is 144 Å². The zero-order valence-corrected chi connectivity index (χ0v) is 14.2. The number of halogens is 2. The summed E-state index contributed by atoms with van der Waals surface area (Å²) in [5.41, 5.74) is 2.03. The molecule has 1 heterocycles. The minimum absolute atomic E-state index is 0.126. The van der Waals surface area contributed by atoms with Gasteiger partial charge in [0.15, 0.2) is 0 Å². The van der Waals surface area contributed by atoms with Gasteiger partial charge in [-0.25, -0.2) is 9.18 Å². The zero-order valence-electron chi connectivity index (χ0n) is 13.4. The minimum Gasteiger partial charge on any atom is -0.466 e. The third-order valence-corrected chi connectivity index (χ3v) is 4.06. The number of carbonyl (C=O) groups excluding carboxylic acids is 1. The van der Waals surface area contributed by atoms with Crippen LogP contribution in [0.2, 0.25) is 5.02 Å². The Balaban J connectivity index is 2.71. The number of benzene rings is 1. The molecule has 7 heteroatoms. The van der Waals surface area contributed by atoms with Gasteiger partial charge >= 0.3 is 5.97 Å². The van der Waals surface area contributed by atoms with Crippen LogP contribution in [0, 0.1) is 17.1 Å². The summed E-state index contributed by atoms with van der Waals surface area (Å²) in [5, 5.41) is 12.8. The largest absolute Gasteiger partial charge is 0.466 e. The number of nitriles is 1. The van der Waals surface area contributed by atoms with E-state index in [1.807, 2.05) is 0 Å². The molecular formula is C17H16ClFN2O3. The average Bonchev–Trinajstić information content (AvgIpc) is 2.54. The van der Waals surface area contributed by atoms with E-state index in [4.69, 9.17) is 21.1 Å². The summed E-state index contributed by atoms with van der Waals surface area (Å²) in [6, 6.07) is 5.95. The maximum absolute atomic E-state index is 13.4. The highest BCUT2D eigenvalue weighted by molar-refractivity contribution is 6.31. The van der Waals surface area contributed by atoms with Gasteiger partial charge < -0.3 is 14.8 Å². The molecule has 5 nitrogen and oxygen atoms in total. The lowest BCUT2D eigenvalue weighted by Crippen LogP contribution is -2.31. The van der Waals surface area contributed by atoms with Crippen LogP contribution in [0.3, 0.4) is 0 Å². The van der Waals surface area contributed by atoms with Crippen molar-refractivity contribution >= 4 is 17.6 Å². The fourth-order valence-electron chi connectivity index (χ4n) is 2.71. The molecule has 1 unspecified atom stereocenters. The Morgan fingerprint density at radius 2 is 2.17 bits per heavy atom. The number of rotatable bonds is 4. The molecule has 1 atom stereocenters. The summed E-state index contributed by atoms with van der Waals surface area (Å²) in [5.74, 6) is -1.85. The lowest BCUT2D eigenvalue weighted by molar-refractivity contribution is -0.136. The highest BCUT2D eigenvalue weighted by Gasteiger charge is 2.36. The molecule has 0 bridgehead atoms. The number of esters is 1. The standard InChI is InChI=1S/C17H16ClFN2O3/c1-9-15(17(22)24-3)16(11-5-4-10(19)6-13(11)18)12(7-20)14(21-9)8-23-2/h4-6,16,21H,8H2,1-3H3. The number of ether oxygens (including phenoxy) is 2. The van der Waals surface area contributed by atoms with E-state index < -0.39 is 17.7 Å². The second kappa shape index (κ2) is 7.47. The van der Waals surface area contributed by atoms with E-state index in [9.17, 15) is 14.4 Å². The Bertz CT molecular complexity index is 781. The topological polar surface area (TPSA) is 71.3 Å². The van der Waals surface area contributed by atoms with Gasteiger partial charge in [0.1, 0.15) is 5.82 Å². The van der Waals surface area contributed by atoms with Crippen LogP contribution in [-0.2, 0) is 14.3 Å². The number of hydrogen-bond donors (Lipinski definition) is 1. The molecule has 126 valence electrons. The molecule has 0 aromatic heterocycles. The molecule has 1 aliphatic heterocycles. The van der Waals surface area contributed by atoms with E-state index in [2.05, 4.69) is 11.4 Å². The first-order valence-corrected chi connectivity index (χ1v) is 7.45. The van der Waals surface area contributed by atoms with Crippen molar-refractivity contribution in [2.75, 3.05) is 20.8 Å². The number of nitrogens with one attached hydrogen (secondary N) is 1. The monoisotopic (exact) mass is 350 g/mol. The van der Waals surface area contributed by atoms with Crippen LogP contribution in [0.4, 0.5) is 4.39 Å². The van der Waals surface area contributed by atoms with Crippen molar-refractivity contribution in [3.05, 3.63) is 57.1 Å². The maximum Gasteiger partial charge on any atom is 0.336 e. The highest BCUT2D eigenvalue weighted by Crippen LogP contribution is 2.41. The fourth-order valence-corrected chi connectivity index (χ4v) is 2.99. The molecule has 0 aliphatic carbocycles. The van der Waals surface area contributed by atoms with Crippen LogP contribution in [-0.4, -0.2) is 26.8 Å². The molecule has 1 aromatic carbocycles. The molecule has 0 amide bonds. The van der Waals surface area contributed by atoms with Crippen molar-refractivity contribution in [1.29, 1.82) is 5.26 Å². The predicted octanol–water partition coefficient (Wildman–Crippen LogP) is 3.04. The van der Waals surface area contributed by atoms with E-state index in [1.165, 1.54) is 26.4 Å². The first-order valence-electron chi connectivity index (χ1n) is 7.07. The van der Waals surface area contributed by atoms with Gasteiger partial charge in [-0.15, -0.1) is 0 Å². The third-order valence-electron chi connectivity index (χ3n) is 3.73. The van der Waals surface area contributed by atoms with E-state index in [1.54, 1.807) is 6.92 Å². The van der Waals surface area contributed by atoms with Gasteiger partial charge in [-0.05, 0) is 24.6 Å². The van der Waals surface area contributed by atoms with Crippen LogP contribution in [0.25, 0.3) is 0 Å². The van der Waals surface area contributed by atoms with Crippen molar-refractivity contribution in [3.63, 3.8) is 0 Å². The van der Waals surface area contributed by atoms with Crippen LogP contribution >= 0.6 is 11.6 Å².